The number of likely N-dealkylation sites (tertiary alicyclic amines) is 1. The van der Waals surface area contributed by atoms with Gasteiger partial charge in [-0.15, -0.1) is 11.3 Å². The molecule has 1 saturated heterocycles. The Morgan fingerprint density at radius 3 is 2.89 bits per heavy atom. The van der Waals surface area contributed by atoms with Crippen molar-refractivity contribution in [2.45, 2.75) is 32.2 Å². The first-order chi connectivity index (χ1) is 13.7. The molecule has 0 aliphatic carbocycles. The lowest BCUT2D eigenvalue weighted by atomic mass is 10.0. The Hall–Kier alpha value is -2.44. The van der Waals surface area contributed by atoms with Crippen molar-refractivity contribution in [3.8, 4) is 5.75 Å². The molecule has 0 radical (unpaired) electrons. The second-order valence-electron chi connectivity index (χ2n) is 6.98. The molecule has 0 spiro atoms. The Morgan fingerprint density at radius 1 is 1.21 bits per heavy atom. The second kappa shape index (κ2) is 8.71. The maximum absolute atomic E-state index is 12.8. The number of anilines is 1. The summed E-state index contributed by atoms with van der Waals surface area (Å²) in [6.45, 7) is 3.79. The van der Waals surface area contributed by atoms with Gasteiger partial charge in [-0.2, -0.15) is 0 Å². The Kier molecular flexibility index (Phi) is 5.88. The van der Waals surface area contributed by atoms with Crippen LogP contribution in [-0.2, 0) is 4.79 Å². The van der Waals surface area contributed by atoms with Gasteiger partial charge in [0.1, 0.15) is 10.8 Å². The third-order valence-corrected chi connectivity index (χ3v) is 6.15. The van der Waals surface area contributed by atoms with Crippen molar-refractivity contribution in [2.75, 3.05) is 25.0 Å². The largest absolute Gasteiger partial charge is 0.492 e. The number of amides is 1. The van der Waals surface area contributed by atoms with E-state index in [0.717, 1.165) is 35.6 Å². The number of benzene rings is 2. The van der Waals surface area contributed by atoms with Crippen LogP contribution in [0, 0.1) is 0 Å². The van der Waals surface area contributed by atoms with Gasteiger partial charge in [-0.05, 0) is 50.6 Å². The molecule has 3 aromatic rings. The van der Waals surface area contributed by atoms with Crippen LogP contribution in [0.1, 0.15) is 37.2 Å². The fraction of sp³-hybridized carbons (Fsp3) is 0.364. The molecule has 1 aliphatic rings. The first-order valence-electron chi connectivity index (χ1n) is 9.86. The molecule has 0 unspecified atom stereocenters. The second-order valence-corrected chi connectivity index (χ2v) is 8.04. The summed E-state index contributed by atoms with van der Waals surface area (Å²) in [5.74, 6) is 0.694. The molecule has 146 valence electrons. The van der Waals surface area contributed by atoms with Crippen LogP contribution in [0.25, 0.3) is 10.2 Å². The topological polar surface area (TPSA) is 54.5 Å². The fourth-order valence-corrected chi connectivity index (χ4v) is 4.86. The van der Waals surface area contributed by atoms with Crippen molar-refractivity contribution < 1.29 is 9.53 Å². The molecule has 0 saturated carbocycles. The molecule has 1 amide bonds. The van der Waals surface area contributed by atoms with Crippen LogP contribution in [0.3, 0.4) is 0 Å². The summed E-state index contributed by atoms with van der Waals surface area (Å²) < 4.78 is 6.82. The van der Waals surface area contributed by atoms with Gasteiger partial charge < -0.3 is 10.1 Å². The van der Waals surface area contributed by atoms with Crippen molar-refractivity contribution in [1.29, 1.82) is 0 Å². The van der Waals surface area contributed by atoms with E-state index in [2.05, 4.69) is 22.3 Å². The summed E-state index contributed by atoms with van der Waals surface area (Å²) in [5.41, 5.74) is 1.77. The Morgan fingerprint density at radius 2 is 2.04 bits per heavy atom. The van der Waals surface area contributed by atoms with E-state index >= 15 is 0 Å². The maximum atomic E-state index is 12.8. The molecule has 1 atom stereocenters. The van der Waals surface area contributed by atoms with Gasteiger partial charge in [0.15, 0.2) is 0 Å². The molecule has 5 nitrogen and oxygen atoms in total. The number of ether oxygens (including phenoxy) is 1. The molecule has 1 fully saturated rings. The Labute approximate surface area is 169 Å². The molecule has 28 heavy (non-hydrogen) atoms. The molecule has 1 N–H and O–H groups in total. The van der Waals surface area contributed by atoms with Crippen LogP contribution in [0.15, 0.2) is 48.5 Å². The zero-order chi connectivity index (χ0) is 19.3. The molecule has 0 bridgehead atoms. The molecular formula is C22H25N3O2S. The number of hydrogen-bond donors (Lipinski definition) is 1. The van der Waals surface area contributed by atoms with E-state index in [9.17, 15) is 4.79 Å². The number of thiazole rings is 1. The third kappa shape index (κ3) is 4.18. The van der Waals surface area contributed by atoms with Gasteiger partial charge in [0, 0.05) is 0 Å². The number of nitrogens with one attached hydrogen (secondary N) is 1. The van der Waals surface area contributed by atoms with Crippen molar-refractivity contribution in [2.24, 2.45) is 0 Å². The van der Waals surface area contributed by atoms with E-state index in [1.54, 1.807) is 11.3 Å². The SMILES string of the molecule is CCOc1ccccc1NC(=O)CN1CCCC[C@@H]1c1nc2ccccc2s1. The molecule has 2 heterocycles. The monoisotopic (exact) mass is 395 g/mol. The number of nitrogens with zero attached hydrogens (tertiary/aromatic N) is 2. The number of carbonyl (C=O) groups excluding carboxylic acids is 1. The summed E-state index contributed by atoms with van der Waals surface area (Å²) in [5, 5.41) is 4.13. The van der Waals surface area contributed by atoms with E-state index in [0.29, 0.717) is 18.9 Å². The standard InChI is InChI=1S/C22H25N3O2S/c1-2-27-19-12-5-3-9-16(19)23-21(26)15-25-14-8-7-11-18(25)22-24-17-10-4-6-13-20(17)28-22/h3-6,9-10,12-13,18H,2,7-8,11,14-15H2,1H3,(H,23,26)/t18-/m1/s1. The lowest BCUT2D eigenvalue weighted by molar-refractivity contribution is -0.118. The average Bonchev–Trinajstić information content (AvgIpc) is 3.14. The number of hydrogen-bond acceptors (Lipinski definition) is 5. The summed E-state index contributed by atoms with van der Waals surface area (Å²) >= 11 is 1.74. The van der Waals surface area contributed by atoms with Crippen molar-refractivity contribution in [3.05, 3.63) is 53.5 Å². The Bertz CT molecular complexity index is 923. The van der Waals surface area contributed by atoms with Gasteiger partial charge in [-0.3, -0.25) is 9.69 Å². The predicted octanol–water partition coefficient (Wildman–Crippen LogP) is 4.86. The quantitative estimate of drug-likeness (QED) is 0.647. The number of para-hydroxylation sites is 3. The van der Waals surface area contributed by atoms with Crippen molar-refractivity contribution in [3.63, 3.8) is 0 Å². The maximum Gasteiger partial charge on any atom is 0.238 e. The predicted molar refractivity (Wildman–Crippen MR) is 114 cm³/mol. The molecular weight excluding hydrogens is 370 g/mol. The molecule has 1 aromatic heterocycles. The van der Waals surface area contributed by atoms with E-state index in [4.69, 9.17) is 9.72 Å². The number of carbonyl (C=O) groups is 1. The van der Waals surface area contributed by atoms with Gasteiger partial charge in [-0.25, -0.2) is 4.98 Å². The fourth-order valence-electron chi connectivity index (χ4n) is 3.72. The first-order valence-corrected chi connectivity index (χ1v) is 10.7. The van der Waals surface area contributed by atoms with Gasteiger partial charge in [0.05, 0.1) is 35.1 Å². The highest BCUT2D eigenvalue weighted by molar-refractivity contribution is 7.18. The normalized spacial score (nSPS) is 17.5. The molecule has 1 aliphatic heterocycles. The minimum absolute atomic E-state index is 0.0137. The smallest absolute Gasteiger partial charge is 0.238 e. The highest BCUT2D eigenvalue weighted by atomic mass is 32.1. The zero-order valence-electron chi connectivity index (χ0n) is 16.1. The lowest BCUT2D eigenvalue weighted by Crippen LogP contribution is -2.39. The summed E-state index contributed by atoms with van der Waals surface area (Å²) in [6.07, 6.45) is 3.33. The minimum Gasteiger partial charge on any atom is -0.492 e. The molecule has 4 rings (SSSR count). The molecule has 2 aromatic carbocycles. The highest BCUT2D eigenvalue weighted by Crippen LogP contribution is 2.35. The Balaban J connectivity index is 1.48. The van der Waals surface area contributed by atoms with Gasteiger partial charge >= 0.3 is 0 Å². The summed E-state index contributed by atoms with van der Waals surface area (Å²) in [4.78, 5) is 19.9. The van der Waals surface area contributed by atoms with Crippen molar-refractivity contribution >= 4 is 33.1 Å². The lowest BCUT2D eigenvalue weighted by Gasteiger charge is -2.33. The van der Waals surface area contributed by atoms with Gasteiger partial charge in [-0.1, -0.05) is 30.7 Å². The van der Waals surface area contributed by atoms with Crippen LogP contribution in [-0.4, -0.2) is 35.5 Å². The number of piperidine rings is 1. The van der Waals surface area contributed by atoms with E-state index in [-0.39, 0.29) is 11.9 Å². The minimum atomic E-state index is -0.0137. The highest BCUT2D eigenvalue weighted by Gasteiger charge is 2.28. The van der Waals surface area contributed by atoms with Crippen LogP contribution in [0.4, 0.5) is 5.69 Å². The summed E-state index contributed by atoms with van der Waals surface area (Å²) in [7, 11) is 0. The van der Waals surface area contributed by atoms with Crippen LogP contribution in [0.5, 0.6) is 5.75 Å². The van der Waals surface area contributed by atoms with Crippen LogP contribution in [0.2, 0.25) is 0 Å². The van der Waals surface area contributed by atoms with Crippen LogP contribution >= 0.6 is 11.3 Å². The average molecular weight is 396 g/mol. The molecule has 6 heteroatoms. The van der Waals surface area contributed by atoms with E-state index in [1.165, 1.54) is 11.1 Å². The first kappa shape index (κ1) is 18.9. The number of fused-ring (bicyclic) bond motifs is 1. The van der Waals surface area contributed by atoms with Crippen LogP contribution < -0.4 is 10.1 Å². The summed E-state index contributed by atoms with van der Waals surface area (Å²) in [6, 6.07) is 16.0. The van der Waals surface area contributed by atoms with Crippen molar-refractivity contribution in [1.82, 2.24) is 9.88 Å². The van der Waals surface area contributed by atoms with Gasteiger partial charge in [0.25, 0.3) is 0 Å². The van der Waals surface area contributed by atoms with E-state index in [1.807, 2.05) is 43.3 Å². The number of aromatic nitrogens is 1. The zero-order valence-corrected chi connectivity index (χ0v) is 16.9. The number of rotatable bonds is 6. The third-order valence-electron chi connectivity index (χ3n) is 5.02. The van der Waals surface area contributed by atoms with E-state index < -0.39 is 0 Å². The van der Waals surface area contributed by atoms with Gasteiger partial charge in [0.2, 0.25) is 5.91 Å².